The highest BCUT2D eigenvalue weighted by Gasteiger charge is 2.60. The van der Waals surface area contributed by atoms with Crippen LogP contribution in [-0.2, 0) is 14.3 Å². The zero-order valence-electron chi connectivity index (χ0n) is 16.0. The van der Waals surface area contributed by atoms with Crippen LogP contribution in [-0.4, -0.2) is 13.9 Å². The van der Waals surface area contributed by atoms with E-state index in [1.807, 2.05) is 6.92 Å². The largest absolute Gasteiger partial charge is 0.534 e. The third-order valence-corrected chi connectivity index (χ3v) is 9.54. The molecular weight excluding hydrogens is 377 g/mol. The van der Waals surface area contributed by atoms with E-state index < -0.39 is 21.0 Å². The second kappa shape index (κ2) is 6.14. The van der Waals surface area contributed by atoms with Crippen molar-refractivity contribution in [1.29, 1.82) is 0 Å². The Morgan fingerprint density at radius 1 is 1.04 bits per heavy atom. The van der Waals surface area contributed by atoms with E-state index in [2.05, 4.69) is 11.1 Å². The van der Waals surface area contributed by atoms with Gasteiger partial charge in [-0.1, -0.05) is 26.7 Å². The van der Waals surface area contributed by atoms with Gasteiger partial charge >= 0.3 is 15.6 Å². The molecule has 0 aromatic heterocycles. The Labute approximate surface area is 159 Å². The summed E-state index contributed by atoms with van der Waals surface area (Å²) in [5.41, 5.74) is -5.64. The van der Waals surface area contributed by atoms with Gasteiger partial charge in [0.15, 0.2) is 0 Å². The van der Waals surface area contributed by atoms with Crippen molar-refractivity contribution in [2.24, 2.45) is 34.5 Å². The lowest BCUT2D eigenvalue weighted by Gasteiger charge is -2.60. The van der Waals surface area contributed by atoms with Gasteiger partial charge in [-0.25, -0.2) is 0 Å². The van der Waals surface area contributed by atoms with Gasteiger partial charge in [0.2, 0.25) is 0 Å². The smallest absolute Gasteiger partial charge is 0.380 e. The Kier molecular flexibility index (Phi) is 4.45. The van der Waals surface area contributed by atoms with Gasteiger partial charge in [-0.05, 0) is 80.1 Å². The lowest BCUT2D eigenvalue weighted by Crippen LogP contribution is -2.52. The van der Waals surface area contributed by atoms with Crippen molar-refractivity contribution >= 4 is 10.1 Å². The molecule has 3 fully saturated rings. The highest BCUT2D eigenvalue weighted by Crippen LogP contribution is 2.66. The van der Waals surface area contributed by atoms with Crippen molar-refractivity contribution in [2.75, 3.05) is 0 Å². The van der Waals surface area contributed by atoms with Crippen LogP contribution in [0.4, 0.5) is 13.2 Å². The molecule has 4 rings (SSSR count). The molecule has 0 aromatic rings. The van der Waals surface area contributed by atoms with Crippen LogP contribution in [0, 0.1) is 34.5 Å². The lowest BCUT2D eigenvalue weighted by atomic mass is 9.45. The average molecular weight is 407 g/mol. The summed E-state index contributed by atoms with van der Waals surface area (Å²) < 4.78 is 66.2. The highest BCUT2D eigenvalue weighted by molar-refractivity contribution is 7.87. The molecule has 7 heteroatoms. The van der Waals surface area contributed by atoms with E-state index in [0.717, 1.165) is 18.8 Å². The van der Waals surface area contributed by atoms with Crippen molar-refractivity contribution in [3.63, 3.8) is 0 Å². The molecule has 0 bridgehead atoms. The van der Waals surface area contributed by atoms with Gasteiger partial charge in [0.1, 0.15) is 5.76 Å². The zero-order chi connectivity index (χ0) is 19.7. The second-order valence-corrected chi connectivity index (χ2v) is 11.2. The summed E-state index contributed by atoms with van der Waals surface area (Å²) in [5.74, 6) is 2.04. The molecule has 0 aromatic carbocycles. The summed E-state index contributed by atoms with van der Waals surface area (Å²) in [5, 5.41) is 0. The third-order valence-electron chi connectivity index (χ3n) is 8.58. The van der Waals surface area contributed by atoms with Crippen molar-refractivity contribution < 1.29 is 25.8 Å². The van der Waals surface area contributed by atoms with Gasteiger partial charge in [-0.3, -0.25) is 0 Å². The van der Waals surface area contributed by atoms with Crippen LogP contribution in [0.25, 0.3) is 0 Å². The molecule has 0 heterocycles. The van der Waals surface area contributed by atoms with E-state index >= 15 is 0 Å². The molecule has 1 unspecified atom stereocenters. The SMILES string of the molecule is C[C@]12CCCCC1CC[C@@H]1[C@@H]2CC[C@]2(C)C(OS(=O)(=O)C(F)(F)F)=CC[C@@H]12. The quantitative estimate of drug-likeness (QED) is 0.431. The molecule has 27 heavy (non-hydrogen) atoms. The molecule has 4 aliphatic rings. The summed E-state index contributed by atoms with van der Waals surface area (Å²) >= 11 is 0. The zero-order valence-corrected chi connectivity index (χ0v) is 16.8. The monoisotopic (exact) mass is 406 g/mol. The summed E-state index contributed by atoms with van der Waals surface area (Å²) in [7, 11) is -5.60. The Morgan fingerprint density at radius 2 is 1.78 bits per heavy atom. The van der Waals surface area contributed by atoms with Crippen LogP contribution < -0.4 is 0 Å². The Bertz CT molecular complexity index is 744. The minimum atomic E-state index is -5.60. The Morgan fingerprint density at radius 3 is 2.48 bits per heavy atom. The first kappa shape index (κ1) is 19.6. The molecular formula is C20H29F3O3S. The normalized spacial score (nSPS) is 44.7. The fourth-order valence-electron chi connectivity index (χ4n) is 7.12. The Balaban J connectivity index is 1.58. The predicted octanol–water partition coefficient (Wildman–Crippen LogP) is 5.78. The number of halogens is 3. The van der Waals surface area contributed by atoms with E-state index in [1.54, 1.807) is 6.08 Å². The topological polar surface area (TPSA) is 43.4 Å². The molecule has 0 aliphatic heterocycles. The first-order valence-corrected chi connectivity index (χ1v) is 11.6. The number of alkyl halides is 3. The molecule has 0 amide bonds. The summed E-state index contributed by atoms with van der Waals surface area (Å²) in [6.45, 7) is 4.35. The van der Waals surface area contributed by atoms with Crippen LogP contribution in [0.5, 0.6) is 0 Å². The lowest BCUT2D eigenvalue weighted by molar-refractivity contribution is -0.104. The minimum absolute atomic E-state index is 0.0270. The fraction of sp³-hybridized carbons (Fsp3) is 0.900. The number of hydrogen-bond donors (Lipinski definition) is 0. The van der Waals surface area contributed by atoms with Crippen LogP contribution in [0.3, 0.4) is 0 Å². The molecule has 3 saturated carbocycles. The van der Waals surface area contributed by atoms with E-state index in [-0.39, 0.29) is 11.7 Å². The van der Waals surface area contributed by atoms with Crippen molar-refractivity contribution in [3.8, 4) is 0 Å². The predicted molar refractivity (Wildman–Crippen MR) is 95.9 cm³/mol. The summed E-state index contributed by atoms with van der Waals surface area (Å²) in [6.07, 6.45) is 11.4. The first-order chi connectivity index (χ1) is 12.5. The van der Waals surface area contributed by atoms with Crippen LogP contribution >= 0.6 is 0 Å². The number of fused-ring (bicyclic) bond motifs is 5. The van der Waals surface area contributed by atoms with Gasteiger partial charge in [-0.15, -0.1) is 0 Å². The second-order valence-electron chi connectivity index (χ2n) is 9.65. The molecule has 0 radical (unpaired) electrons. The van der Waals surface area contributed by atoms with Crippen LogP contribution in [0.2, 0.25) is 0 Å². The summed E-state index contributed by atoms with van der Waals surface area (Å²) in [6, 6.07) is 0. The molecule has 4 aliphatic carbocycles. The van der Waals surface area contributed by atoms with Crippen molar-refractivity contribution in [3.05, 3.63) is 11.8 Å². The first-order valence-electron chi connectivity index (χ1n) is 10.2. The van der Waals surface area contributed by atoms with E-state index in [4.69, 9.17) is 0 Å². The maximum absolute atomic E-state index is 12.8. The third kappa shape index (κ3) is 2.85. The molecule has 0 spiro atoms. The minimum Gasteiger partial charge on any atom is -0.380 e. The standard InChI is InChI=1S/C20H29F3O3S/c1-18-11-4-3-5-13(18)6-7-14-15-8-9-17(19(15,2)12-10-16(14)18)26-27(24,25)20(21,22)23/h9,13-16H,3-8,10-12H2,1-2H3/t13?,14-,15-,16-,18-,19-/m0/s1. The molecule has 0 N–H and O–H groups in total. The van der Waals surface area contributed by atoms with Gasteiger partial charge in [0, 0.05) is 5.41 Å². The number of rotatable bonds is 2. The van der Waals surface area contributed by atoms with Crippen molar-refractivity contribution in [1.82, 2.24) is 0 Å². The van der Waals surface area contributed by atoms with E-state index in [0.29, 0.717) is 30.1 Å². The van der Waals surface area contributed by atoms with E-state index in [1.165, 1.54) is 32.1 Å². The molecule has 6 atom stereocenters. The summed E-state index contributed by atoms with van der Waals surface area (Å²) in [4.78, 5) is 0. The maximum atomic E-state index is 12.8. The number of hydrogen-bond acceptors (Lipinski definition) is 3. The van der Waals surface area contributed by atoms with Crippen molar-refractivity contribution in [2.45, 2.75) is 77.1 Å². The molecule has 154 valence electrons. The van der Waals surface area contributed by atoms with Gasteiger partial charge in [0.25, 0.3) is 0 Å². The molecule has 3 nitrogen and oxygen atoms in total. The van der Waals surface area contributed by atoms with Crippen LogP contribution in [0.15, 0.2) is 11.8 Å². The van der Waals surface area contributed by atoms with Gasteiger partial charge in [0.05, 0.1) is 0 Å². The van der Waals surface area contributed by atoms with Gasteiger partial charge in [-0.2, -0.15) is 21.6 Å². The van der Waals surface area contributed by atoms with Crippen LogP contribution in [0.1, 0.15) is 71.6 Å². The maximum Gasteiger partial charge on any atom is 0.534 e. The highest BCUT2D eigenvalue weighted by atomic mass is 32.2. The fourth-order valence-corrected chi connectivity index (χ4v) is 7.71. The van der Waals surface area contributed by atoms with E-state index in [9.17, 15) is 21.6 Å². The average Bonchev–Trinajstić information content (AvgIpc) is 2.89. The Hall–Kier alpha value is -0.720. The number of allylic oxidation sites excluding steroid dienone is 2. The van der Waals surface area contributed by atoms with Gasteiger partial charge < -0.3 is 4.18 Å². The molecule has 0 saturated heterocycles.